The average Bonchev–Trinajstić information content (AvgIpc) is 2.85. The van der Waals surface area contributed by atoms with Crippen LogP contribution in [0.3, 0.4) is 0 Å². The predicted molar refractivity (Wildman–Crippen MR) is 77.1 cm³/mol. The normalized spacial score (nSPS) is 10.8. The van der Waals surface area contributed by atoms with E-state index in [4.69, 9.17) is 11.6 Å². The Morgan fingerprint density at radius 2 is 2.16 bits per heavy atom. The Morgan fingerprint density at radius 3 is 2.84 bits per heavy atom. The first-order valence-corrected chi connectivity index (χ1v) is 6.33. The molecule has 0 bridgehead atoms. The van der Waals surface area contributed by atoms with Gasteiger partial charge in [0.15, 0.2) is 0 Å². The Morgan fingerprint density at radius 1 is 1.42 bits per heavy atom. The number of hydrogen-bond acceptors (Lipinski definition) is 2. The zero-order valence-corrected chi connectivity index (χ0v) is 11.2. The second-order valence-electron chi connectivity index (χ2n) is 4.00. The monoisotopic (exact) mass is 275 g/mol. The van der Waals surface area contributed by atoms with E-state index in [9.17, 15) is 4.79 Å². The van der Waals surface area contributed by atoms with Gasteiger partial charge in [-0.3, -0.25) is 9.89 Å². The van der Waals surface area contributed by atoms with E-state index < -0.39 is 0 Å². The smallest absolute Gasteiger partial charge is 0.249 e. The molecule has 1 amide bonds. The molecule has 2 N–H and O–H groups in total. The highest BCUT2D eigenvalue weighted by Crippen LogP contribution is 2.12. The molecule has 1 aromatic carbocycles. The summed E-state index contributed by atoms with van der Waals surface area (Å²) < 4.78 is 0. The first-order valence-electron chi connectivity index (χ1n) is 5.96. The van der Waals surface area contributed by atoms with E-state index in [0.717, 1.165) is 17.5 Å². The number of amides is 1. The van der Waals surface area contributed by atoms with Crippen LogP contribution in [0.4, 0.5) is 5.82 Å². The molecule has 0 aliphatic rings. The Kier molecular flexibility index (Phi) is 4.36. The van der Waals surface area contributed by atoms with Crippen molar-refractivity contribution in [2.45, 2.75) is 13.3 Å². The van der Waals surface area contributed by atoms with Gasteiger partial charge in [-0.05, 0) is 30.2 Å². The number of H-pyrrole nitrogens is 1. The summed E-state index contributed by atoms with van der Waals surface area (Å²) in [4.78, 5) is 11.7. The van der Waals surface area contributed by atoms with Gasteiger partial charge in [-0.1, -0.05) is 30.7 Å². The number of carbonyl (C=O) groups excluding carboxylic acids is 1. The van der Waals surface area contributed by atoms with Gasteiger partial charge < -0.3 is 5.32 Å². The molecule has 98 valence electrons. The fourth-order valence-electron chi connectivity index (χ4n) is 1.60. The van der Waals surface area contributed by atoms with E-state index in [0.29, 0.717) is 10.8 Å². The minimum absolute atomic E-state index is 0.200. The van der Waals surface area contributed by atoms with Crippen LogP contribution in [-0.4, -0.2) is 16.1 Å². The van der Waals surface area contributed by atoms with Crippen molar-refractivity contribution in [3.8, 4) is 0 Å². The van der Waals surface area contributed by atoms with Crippen LogP contribution in [0.2, 0.25) is 5.02 Å². The molecule has 0 spiro atoms. The Hall–Kier alpha value is -2.07. The Labute approximate surface area is 116 Å². The van der Waals surface area contributed by atoms with Gasteiger partial charge in [-0.2, -0.15) is 5.10 Å². The van der Waals surface area contributed by atoms with Crippen molar-refractivity contribution in [3.63, 3.8) is 0 Å². The molecule has 1 heterocycles. The van der Waals surface area contributed by atoms with Gasteiger partial charge in [-0.25, -0.2) is 0 Å². The molecular weight excluding hydrogens is 262 g/mol. The summed E-state index contributed by atoms with van der Waals surface area (Å²) in [5.41, 5.74) is 1.90. The molecule has 1 aromatic heterocycles. The lowest BCUT2D eigenvalue weighted by molar-refractivity contribution is -0.111. The SMILES string of the molecule is CCc1cn[nH]c1NC(=O)/C=C/c1ccc(Cl)cc1. The highest BCUT2D eigenvalue weighted by atomic mass is 35.5. The maximum absolute atomic E-state index is 11.7. The van der Waals surface area contributed by atoms with Gasteiger partial charge in [0, 0.05) is 16.7 Å². The van der Waals surface area contributed by atoms with Crippen LogP contribution in [0.25, 0.3) is 6.08 Å². The fraction of sp³-hybridized carbons (Fsp3) is 0.143. The third-order valence-corrected chi connectivity index (χ3v) is 2.90. The van der Waals surface area contributed by atoms with E-state index in [1.54, 1.807) is 24.4 Å². The molecule has 0 saturated heterocycles. The van der Waals surface area contributed by atoms with Gasteiger partial charge >= 0.3 is 0 Å². The molecule has 0 unspecified atom stereocenters. The van der Waals surface area contributed by atoms with Gasteiger partial charge in [0.25, 0.3) is 0 Å². The summed E-state index contributed by atoms with van der Waals surface area (Å²) in [7, 11) is 0. The van der Waals surface area contributed by atoms with Crippen molar-refractivity contribution in [2.24, 2.45) is 0 Å². The molecule has 0 aliphatic heterocycles. The predicted octanol–water partition coefficient (Wildman–Crippen LogP) is 3.28. The van der Waals surface area contributed by atoms with Crippen LogP contribution in [0, 0.1) is 0 Å². The molecule has 2 rings (SSSR count). The minimum atomic E-state index is -0.200. The molecule has 5 heteroatoms. The fourth-order valence-corrected chi connectivity index (χ4v) is 1.72. The maximum Gasteiger partial charge on any atom is 0.249 e. The lowest BCUT2D eigenvalue weighted by atomic mass is 10.2. The Balaban J connectivity index is 1.99. The van der Waals surface area contributed by atoms with Crippen molar-refractivity contribution in [2.75, 3.05) is 5.32 Å². The van der Waals surface area contributed by atoms with E-state index in [1.165, 1.54) is 6.08 Å². The molecule has 0 aliphatic carbocycles. The number of benzene rings is 1. The highest BCUT2D eigenvalue weighted by molar-refractivity contribution is 6.30. The van der Waals surface area contributed by atoms with Crippen LogP contribution in [-0.2, 0) is 11.2 Å². The third-order valence-electron chi connectivity index (χ3n) is 2.64. The van der Waals surface area contributed by atoms with Crippen molar-refractivity contribution in [1.29, 1.82) is 0 Å². The van der Waals surface area contributed by atoms with Crippen molar-refractivity contribution in [1.82, 2.24) is 10.2 Å². The van der Waals surface area contributed by atoms with Crippen LogP contribution in [0.5, 0.6) is 0 Å². The zero-order chi connectivity index (χ0) is 13.7. The van der Waals surface area contributed by atoms with Gasteiger partial charge in [0.1, 0.15) is 5.82 Å². The molecule has 2 aromatic rings. The van der Waals surface area contributed by atoms with Gasteiger partial charge in [0.05, 0.1) is 6.20 Å². The van der Waals surface area contributed by atoms with Crippen LogP contribution in [0.15, 0.2) is 36.5 Å². The zero-order valence-electron chi connectivity index (χ0n) is 10.5. The van der Waals surface area contributed by atoms with Crippen LogP contribution >= 0.6 is 11.6 Å². The molecule has 0 saturated carbocycles. The number of carbonyl (C=O) groups is 1. The number of anilines is 1. The van der Waals surface area contributed by atoms with E-state index in [1.807, 2.05) is 19.1 Å². The van der Waals surface area contributed by atoms with Crippen molar-refractivity contribution in [3.05, 3.63) is 52.7 Å². The topological polar surface area (TPSA) is 57.8 Å². The number of aryl methyl sites for hydroxylation is 1. The van der Waals surface area contributed by atoms with Crippen molar-refractivity contribution >= 4 is 29.4 Å². The lowest BCUT2D eigenvalue weighted by Gasteiger charge is -2.00. The molecule has 4 nitrogen and oxygen atoms in total. The molecule has 0 fully saturated rings. The van der Waals surface area contributed by atoms with E-state index >= 15 is 0 Å². The molecule has 0 radical (unpaired) electrons. The number of rotatable bonds is 4. The van der Waals surface area contributed by atoms with Gasteiger partial charge in [-0.15, -0.1) is 0 Å². The first-order chi connectivity index (χ1) is 9.19. The van der Waals surface area contributed by atoms with Crippen LogP contribution < -0.4 is 5.32 Å². The standard InChI is InChI=1S/C14H14ClN3O/c1-2-11-9-16-18-14(11)17-13(19)8-5-10-3-6-12(15)7-4-10/h3-9H,2H2,1H3,(H2,16,17,18,19)/b8-5+. The lowest BCUT2D eigenvalue weighted by Crippen LogP contribution is -2.09. The molecule has 0 atom stereocenters. The number of aromatic nitrogens is 2. The summed E-state index contributed by atoms with van der Waals surface area (Å²) in [5, 5.41) is 10.1. The highest BCUT2D eigenvalue weighted by Gasteiger charge is 2.04. The third kappa shape index (κ3) is 3.69. The minimum Gasteiger partial charge on any atom is -0.307 e. The summed E-state index contributed by atoms with van der Waals surface area (Å²) in [5.74, 6) is 0.446. The summed E-state index contributed by atoms with van der Waals surface area (Å²) >= 11 is 5.79. The molecular formula is C14H14ClN3O. The largest absolute Gasteiger partial charge is 0.307 e. The maximum atomic E-state index is 11.7. The van der Waals surface area contributed by atoms with Crippen LogP contribution in [0.1, 0.15) is 18.1 Å². The van der Waals surface area contributed by atoms with E-state index in [2.05, 4.69) is 15.5 Å². The summed E-state index contributed by atoms with van der Waals surface area (Å²) in [6, 6.07) is 7.26. The molecule has 19 heavy (non-hydrogen) atoms. The second kappa shape index (κ2) is 6.20. The number of nitrogens with one attached hydrogen (secondary N) is 2. The number of hydrogen-bond donors (Lipinski definition) is 2. The number of halogens is 1. The average molecular weight is 276 g/mol. The number of aromatic amines is 1. The first kappa shape index (κ1) is 13.4. The van der Waals surface area contributed by atoms with Crippen molar-refractivity contribution < 1.29 is 4.79 Å². The van der Waals surface area contributed by atoms with Gasteiger partial charge in [0.2, 0.25) is 5.91 Å². The summed E-state index contributed by atoms with van der Waals surface area (Å²) in [6.07, 6.45) is 5.72. The Bertz CT molecular complexity index is 587. The van der Waals surface area contributed by atoms with E-state index in [-0.39, 0.29) is 5.91 Å². The number of nitrogens with zero attached hydrogens (tertiary/aromatic N) is 1. The quantitative estimate of drug-likeness (QED) is 0.842. The summed E-state index contributed by atoms with van der Waals surface area (Å²) in [6.45, 7) is 2.00. The second-order valence-corrected chi connectivity index (χ2v) is 4.43.